The van der Waals surface area contributed by atoms with Gasteiger partial charge in [-0.15, -0.1) is 0 Å². The summed E-state index contributed by atoms with van der Waals surface area (Å²) < 4.78 is 1.23. The molecular formula is C11H15I. The van der Waals surface area contributed by atoms with Gasteiger partial charge in [-0.3, -0.25) is 0 Å². The number of rotatable bonds is 2. The lowest BCUT2D eigenvalue weighted by Crippen LogP contribution is -1.88. The van der Waals surface area contributed by atoms with E-state index in [-0.39, 0.29) is 0 Å². The van der Waals surface area contributed by atoms with E-state index in [0.29, 0.717) is 0 Å². The molecule has 0 unspecified atom stereocenters. The van der Waals surface area contributed by atoms with E-state index in [2.05, 4.69) is 40.5 Å². The van der Waals surface area contributed by atoms with Crippen molar-refractivity contribution in [2.24, 2.45) is 0 Å². The van der Waals surface area contributed by atoms with Gasteiger partial charge in [0.25, 0.3) is 0 Å². The number of alkyl halides is 1. The maximum absolute atomic E-state index is 3.26. The van der Waals surface area contributed by atoms with Crippen LogP contribution >= 0.6 is 22.6 Å². The molecule has 0 radical (unpaired) electrons. The Morgan fingerprint density at radius 1 is 1.42 bits per heavy atom. The van der Waals surface area contributed by atoms with Gasteiger partial charge < -0.3 is 0 Å². The van der Waals surface area contributed by atoms with E-state index in [9.17, 15) is 0 Å². The molecular weight excluding hydrogens is 259 g/mol. The fraction of sp³-hybridized carbons (Fsp3) is 0.636. The second kappa shape index (κ2) is 6.54. The third kappa shape index (κ3) is 4.15. The van der Waals surface area contributed by atoms with E-state index < -0.39 is 0 Å². The summed E-state index contributed by atoms with van der Waals surface area (Å²) in [5, 5.41) is 0. The zero-order chi connectivity index (χ0) is 8.65. The molecule has 0 saturated heterocycles. The Kier molecular flexibility index (Phi) is 5.51. The van der Waals surface area contributed by atoms with Crippen LogP contribution in [0.5, 0.6) is 0 Å². The number of hydrogen-bond acceptors (Lipinski definition) is 0. The number of hydrogen-bond donors (Lipinski definition) is 0. The summed E-state index contributed by atoms with van der Waals surface area (Å²) in [5.74, 6) is 6.50. The van der Waals surface area contributed by atoms with Crippen LogP contribution in [0.1, 0.15) is 38.5 Å². The molecule has 0 atom stereocenters. The standard InChI is InChI=1S/C11H15I/c12-10-6-2-5-9-11-7-3-1-4-8-11/h7H,1-4,6,8,10H2. The van der Waals surface area contributed by atoms with Crippen LogP contribution in [0.2, 0.25) is 0 Å². The van der Waals surface area contributed by atoms with Crippen LogP contribution < -0.4 is 0 Å². The molecule has 0 fully saturated rings. The highest BCUT2D eigenvalue weighted by atomic mass is 127. The van der Waals surface area contributed by atoms with E-state index in [1.165, 1.54) is 42.1 Å². The number of unbranched alkanes of at least 4 members (excludes halogenated alkanes) is 1. The lowest BCUT2D eigenvalue weighted by atomic mass is 10.00. The van der Waals surface area contributed by atoms with Gasteiger partial charge >= 0.3 is 0 Å². The highest BCUT2D eigenvalue weighted by molar-refractivity contribution is 14.1. The Labute approximate surface area is 89.0 Å². The molecule has 12 heavy (non-hydrogen) atoms. The lowest BCUT2D eigenvalue weighted by molar-refractivity contribution is 0.715. The predicted molar refractivity (Wildman–Crippen MR) is 62.4 cm³/mol. The fourth-order valence-electron chi connectivity index (χ4n) is 1.28. The maximum atomic E-state index is 3.26. The highest BCUT2D eigenvalue weighted by Crippen LogP contribution is 2.16. The number of halogens is 1. The van der Waals surface area contributed by atoms with Crippen molar-refractivity contribution >= 4 is 22.6 Å². The first-order valence-electron chi connectivity index (χ1n) is 4.67. The molecule has 1 heteroatoms. The van der Waals surface area contributed by atoms with Crippen molar-refractivity contribution in [1.29, 1.82) is 0 Å². The summed E-state index contributed by atoms with van der Waals surface area (Å²) in [5.41, 5.74) is 1.38. The van der Waals surface area contributed by atoms with Gasteiger partial charge in [-0.05, 0) is 37.7 Å². The van der Waals surface area contributed by atoms with Crippen molar-refractivity contribution in [3.8, 4) is 11.8 Å². The second-order valence-corrected chi connectivity index (χ2v) is 4.15. The highest BCUT2D eigenvalue weighted by Gasteiger charge is 1.98. The van der Waals surface area contributed by atoms with E-state index in [1.807, 2.05) is 0 Å². The molecule has 0 aromatic carbocycles. The Hall–Kier alpha value is 0.0300. The minimum atomic E-state index is 1.07. The molecule has 0 N–H and O–H groups in total. The molecule has 0 aromatic rings. The largest absolute Gasteiger partial charge is 0.0982 e. The maximum Gasteiger partial charge on any atom is 0.00996 e. The summed E-state index contributed by atoms with van der Waals surface area (Å²) in [6.45, 7) is 0. The van der Waals surface area contributed by atoms with Crippen LogP contribution in [0.25, 0.3) is 0 Å². The molecule has 1 rings (SSSR count). The average molecular weight is 274 g/mol. The SMILES string of the molecule is ICCCC#CC1=CCCCC1. The van der Waals surface area contributed by atoms with E-state index in [4.69, 9.17) is 0 Å². The average Bonchev–Trinajstić information content (AvgIpc) is 2.14. The van der Waals surface area contributed by atoms with Crippen molar-refractivity contribution in [3.63, 3.8) is 0 Å². The summed E-state index contributed by atoms with van der Waals surface area (Å²) >= 11 is 2.40. The van der Waals surface area contributed by atoms with Crippen molar-refractivity contribution < 1.29 is 0 Å². The first kappa shape index (κ1) is 10.1. The van der Waals surface area contributed by atoms with Gasteiger partial charge in [0.15, 0.2) is 0 Å². The fourth-order valence-corrected chi connectivity index (χ4v) is 1.66. The van der Waals surface area contributed by atoms with Crippen molar-refractivity contribution in [3.05, 3.63) is 11.6 Å². The van der Waals surface area contributed by atoms with E-state index in [1.54, 1.807) is 0 Å². The molecule has 0 aliphatic heterocycles. The van der Waals surface area contributed by atoms with Gasteiger partial charge in [0.2, 0.25) is 0 Å². The summed E-state index contributed by atoms with van der Waals surface area (Å²) in [4.78, 5) is 0. The molecule has 0 spiro atoms. The van der Waals surface area contributed by atoms with Gasteiger partial charge in [0.05, 0.1) is 0 Å². The van der Waals surface area contributed by atoms with Crippen LogP contribution in [0.15, 0.2) is 11.6 Å². The van der Waals surface area contributed by atoms with Crippen LogP contribution in [0, 0.1) is 11.8 Å². The summed E-state index contributed by atoms with van der Waals surface area (Å²) in [6.07, 6.45) is 9.78. The third-order valence-electron chi connectivity index (χ3n) is 1.98. The third-order valence-corrected chi connectivity index (χ3v) is 2.74. The zero-order valence-electron chi connectivity index (χ0n) is 7.41. The second-order valence-electron chi connectivity index (χ2n) is 3.07. The minimum Gasteiger partial charge on any atom is -0.0982 e. The number of allylic oxidation sites excluding steroid dienone is 2. The Balaban J connectivity index is 2.26. The molecule has 66 valence electrons. The van der Waals surface area contributed by atoms with Gasteiger partial charge in [-0.1, -0.05) is 40.5 Å². The Bertz CT molecular complexity index is 205. The predicted octanol–water partition coefficient (Wildman–Crippen LogP) is 3.71. The topological polar surface area (TPSA) is 0 Å². The normalized spacial score (nSPS) is 16.2. The van der Waals surface area contributed by atoms with Crippen molar-refractivity contribution in [2.75, 3.05) is 4.43 Å². The lowest BCUT2D eigenvalue weighted by Gasteiger charge is -2.05. The molecule has 1 aliphatic carbocycles. The molecule has 0 heterocycles. The van der Waals surface area contributed by atoms with Gasteiger partial charge in [-0.25, -0.2) is 0 Å². The van der Waals surface area contributed by atoms with Crippen molar-refractivity contribution in [2.45, 2.75) is 38.5 Å². The quantitative estimate of drug-likeness (QED) is 0.312. The Morgan fingerprint density at radius 3 is 3.00 bits per heavy atom. The first-order chi connectivity index (χ1) is 5.93. The molecule has 0 aromatic heterocycles. The molecule has 0 amide bonds. The van der Waals surface area contributed by atoms with Crippen LogP contribution in [-0.2, 0) is 0 Å². The molecule has 0 bridgehead atoms. The van der Waals surface area contributed by atoms with Gasteiger partial charge in [0, 0.05) is 10.8 Å². The first-order valence-corrected chi connectivity index (χ1v) is 6.20. The molecule has 1 aliphatic rings. The molecule has 0 saturated carbocycles. The summed E-state index contributed by atoms with van der Waals surface area (Å²) in [6, 6.07) is 0. The van der Waals surface area contributed by atoms with Crippen molar-refractivity contribution in [1.82, 2.24) is 0 Å². The van der Waals surface area contributed by atoms with E-state index >= 15 is 0 Å². The minimum absolute atomic E-state index is 1.07. The summed E-state index contributed by atoms with van der Waals surface area (Å²) in [7, 11) is 0. The zero-order valence-corrected chi connectivity index (χ0v) is 9.56. The van der Waals surface area contributed by atoms with Crippen LogP contribution in [-0.4, -0.2) is 4.43 Å². The van der Waals surface area contributed by atoms with Gasteiger partial charge in [-0.2, -0.15) is 0 Å². The Morgan fingerprint density at radius 2 is 2.33 bits per heavy atom. The molecule has 0 nitrogen and oxygen atoms in total. The van der Waals surface area contributed by atoms with E-state index in [0.717, 1.165) is 6.42 Å². The monoisotopic (exact) mass is 274 g/mol. The van der Waals surface area contributed by atoms with Crippen LogP contribution in [0.3, 0.4) is 0 Å². The van der Waals surface area contributed by atoms with Gasteiger partial charge in [0.1, 0.15) is 0 Å². The van der Waals surface area contributed by atoms with Crippen LogP contribution in [0.4, 0.5) is 0 Å². The smallest absolute Gasteiger partial charge is 0.00996 e.